The number of carboxylic acids is 1. The van der Waals surface area contributed by atoms with Gasteiger partial charge >= 0.3 is 5.97 Å². The third kappa shape index (κ3) is 10.7. The number of hydrogen-bond acceptors (Lipinski definition) is 7. The normalized spacial score (nSPS) is 13.7. The summed E-state index contributed by atoms with van der Waals surface area (Å²) < 4.78 is 0. The lowest BCUT2D eigenvalue weighted by Crippen LogP contribution is -2.58. The van der Waals surface area contributed by atoms with Crippen LogP contribution in [0.3, 0.4) is 0 Å². The maximum absolute atomic E-state index is 13.6. The van der Waals surface area contributed by atoms with Crippen LogP contribution in [0.4, 0.5) is 0 Å². The average molecular weight is 605 g/mol. The zero-order chi connectivity index (χ0) is 32.2. The number of amides is 3. The molecule has 4 unspecified atom stereocenters. The molecule has 0 saturated heterocycles. The van der Waals surface area contributed by atoms with E-state index in [-0.39, 0.29) is 43.1 Å². The van der Waals surface area contributed by atoms with Crippen LogP contribution < -0.4 is 21.7 Å². The van der Waals surface area contributed by atoms with Gasteiger partial charge in [0, 0.05) is 12.8 Å². The van der Waals surface area contributed by atoms with E-state index in [2.05, 4.69) is 16.0 Å². The molecule has 0 aromatic heterocycles. The van der Waals surface area contributed by atoms with Crippen LogP contribution >= 0.6 is 0 Å². The largest absolute Gasteiger partial charge is 0.508 e. The van der Waals surface area contributed by atoms with Crippen molar-refractivity contribution in [2.45, 2.75) is 63.7 Å². The molecule has 0 fully saturated rings. The van der Waals surface area contributed by atoms with E-state index in [4.69, 9.17) is 5.73 Å². The van der Waals surface area contributed by atoms with Gasteiger partial charge in [-0.2, -0.15) is 0 Å². The standard InChI is InChI=1S/C33H40N4O7/c1-20(2)16-27(31(41)37-29(33(43)44)19-23-10-14-25(39)15-11-23)36-32(42)28(18-21-6-4-3-5-7-21)35-30(40)26(34)17-22-8-12-24(38)13-9-22/h3-15,20,26-29,38-39H,16-19,34H2,1-2H3,(H,35,40)(H,36,42)(H,37,41)(H,43,44). The second kappa shape index (κ2) is 16.1. The molecule has 3 rings (SSSR count). The van der Waals surface area contributed by atoms with Crippen LogP contribution in [-0.4, -0.2) is 63.2 Å². The summed E-state index contributed by atoms with van der Waals surface area (Å²) in [4.78, 5) is 52.1. The average Bonchev–Trinajstić information content (AvgIpc) is 2.98. The molecular weight excluding hydrogens is 564 g/mol. The molecule has 0 saturated carbocycles. The minimum Gasteiger partial charge on any atom is -0.508 e. The number of carboxylic acid groups (broad SMARTS) is 1. The van der Waals surface area contributed by atoms with E-state index in [9.17, 15) is 34.5 Å². The number of nitrogens with one attached hydrogen (secondary N) is 3. The van der Waals surface area contributed by atoms with Gasteiger partial charge in [-0.3, -0.25) is 14.4 Å². The van der Waals surface area contributed by atoms with Crippen molar-refractivity contribution in [1.29, 1.82) is 0 Å². The van der Waals surface area contributed by atoms with Crippen molar-refractivity contribution >= 4 is 23.7 Å². The molecule has 3 aromatic carbocycles. The fraction of sp³-hybridized carbons (Fsp3) is 0.333. The first-order chi connectivity index (χ1) is 20.9. The molecule has 11 nitrogen and oxygen atoms in total. The lowest BCUT2D eigenvalue weighted by Gasteiger charge is -2.26. The van der Waals surface area contributed by atoms with Gasteiger partial charge in [-0.15, -0.1) is 0 Å². The molecule has 3 amide bonds. The van der Waals surface area contributed by atoms with Gasteiger partial charge in [0.25, 0.3) is 0 Å². The molecule has 234 valence electrons. The van der Waals surface area contributed by atoms with Crippen molar-refractivity contribution in [1.82, 2.24) is 16.0 Å². The van der Waals surface area contributed by atoms with Crippen LogP contribution in [0.15, 0.2) is 78.9 Å². The SMILES string of the molecule is CC(C)CC(NC(=O)C(Cc1ccccc1)NC(=O)C(N)Cc1ccc(O)cc1)C(=O)NC(Cc1ccc(O)cc1)C(=O)O. The summed E-state index contributed by atoms with van der Waals surface area (Å²) in [5.41, 5.74) is 8.24. The van der Waals surface area contributed by atoms with Crippen molar-refractivity contribution < 1.29 is 34.5 Å². The van der Waals surface area contributed by atoms with Crippen LogP contribution in [-0.2, 0) is 38.4 Å². The summed E-state index contributed by atoms with van der Waals surface area (Å²) in [6.45, 7) is 3.73. The van der Waals surface area contributed by atoms with E-state index in [1.54, 1.807) is 36.4 Å². The van der Waals surface area contributed by atoms with Crippen molar-refractivity contribution in [3.63, 3.8) is 0 Å². The van der Waals surface area contributed by atoms with Gasteiger partial charge in [-0.1, -0.05) is 68.4 Å². The summed E-state index contributed by atoms with van der Waals surface area (Å²) in [5.74, 6) is -3.04. The first-order valence-corrected chi connectivity index (χ1v) is 14.4. The second-order valence-corrected chi connectivity index (χ2v) is 11.2. The van der Waals surface area contributed by atoms with Gasteiger partial charge in [0.15, 0.2) is 0 Å². The number of carbonyl (C=O) groups is 4. The lowest BCUT2D eigenvalue weighted by molar-refractivity contribution is -0.142. The zero-order valence-corrected chi connectivity index (χ0v) is 24.8. The smallest absolute Gasteiger partial charge is 0.326 e. The van der Waals surface area contributed by atoms with Gasteiger partial charge in [0.2, 0.25) is 17.7 Å². The number of carbonyl (C=O) groups excluding carboxylic acids is 3. The Morgan fingerprint density at radius 2 is 1.05 bits per heavy atom. The lowest BCUT2D eigenvalue weighted by atomic mass is 9.99. The molecule has 0 bridgehead atoms. The van der Waals surface area contributed by atoms with Crippen LogP contribution in [0.1, 0.15) is 37.0 Å². The topological polar surface area (TPSA) is 191 Å². The number of phenolic OH excluding ortho intramolecular Hbond substituents is 2. The van der Waals surface area contributed by atoms with E-state index >= 15 is 0 Å². The minimum absolute atomic E-state index is 0.0304. The molecule has 0 spiro atoms. The van der Waals surface area contributed by atoms with Crippen molar-refractivity contribution in [3.8, 4) is 11.5 Å². The molecule has 3 aromatic rings. The fourth-order valence-electron chi connectivity index (χ4n) is 4.63. The molecule has 0 aliphatic carbocycles. The van der Waals surface area contributed by atoms with Gasteiger partial charge in [-0.05, 0) is 59.7 Å². The highest BCUT2D eigenvalue weighted by Crippen LogP contribution is 2.14. The molecule has 0 aliphatic rings. The van der Waals surface area contributed by atoms with Gasteiger partial charge in [-0.25, -0.2) is 4.79 Å². The van der Waals surface area contributed by atoms with E-state index in [1.807, 2.05) is 32.0 Å². The Bertz CT molecular complexity index is 1400. The highest BCUT2D eigenvalue weighted by atomic mass is 16.4. The van der Waals surface area contributed by atoms with Crippen LogP contribution in [0.25, 0.3) is 0 Å². The van der Waals surface area contributed by atoms with Crippen LogP contribution in [0.5, 0.6) is 11.5 Å². The molecule has 44 heavy (non-hydrogen) atoms. The number of aromatic hydroxyl groups is 2. The van der Waals surface area contributed by atoms with E-state index in [1.165, 1.54) is 24.3 Å². The number of benzene rings is 3. The molecule has 0 radical (unpaired) electrons. The predicted molar refractivity (Wildman–Crippen MR) is 165 cm³/mol. The molecule has 0 aliphatic heterocycles. The first-order valence-electron chi connectivity index (χ1n) is 14.4. The quantitative estimate of drug-likeness (QED) is 0.137. The molecule has 11 heteroatoms. The van der Waals surface area contributed by atoms with E-state index < -0.39 is 47.9 Å². The fourth-order valence-corrected chi connectivity index (χ4v) is 4.63. The van der Waals surface area contributed by atoms with Crippen molar-refractivity contribution in [2.24, 2.45) is 11.7 Å². The second-order valence-electron chi connectivity index (χ2n) is 11.2. The molecular formula is C33H40N4O7. The van der Waals surface area contributed by atoms with Crippen LogP contribution in [0, 0.1) is 5.92 Å². The van der Waals surface area contributed by atoms with E-state index in [0.29, 0.717) is 5.56 Å². The summed E-state index contributed by atoms with van der Waals surface area (Å²) in [7, 11) is 0. The van der Waals surface area contributed by atoms with Gasteiger partial charge in [0.1, 0.15) is 29.6 Å². The summed E-state index contributed by atoms with van der Waals surface area (Å²) in [6.07, 6.45) is 0.478. The number of aliphatic carboxylic acids is 1. The minimum atomic E-state index is -1.28. The number of rotatable bonds is 15. The zero-order valence-electron chi connectivity index (χ0n) is 24.8. The summed E-state index contributed by atoms with van der Waals surface area (Å²) in [5, 5.41) is 36.8. The van der Waals surface area contributed by atoms with Gasteiger partial charge in [0.05, 0.1) is 6.04 Å². The number of nitrogens with two attached hydrogens (primary N) is 1. The number of hydrogen-bond donors (Lipinski definition) is 7. The Balaban J connectivity index is 1.76. The summed E-state index contributed by atoms with van der Waals surface area (Å²) >= 11 is 0. The third-order valence-corrected chi connectivity index (χ3v) is 6.98. The Labute approximate surface area is 256 Å². The van der Waals surface area contributed by atoms with Gasteiger partial charge < -0.3 is 37.0 Å². The van der Waals surface area contributed by atoms with Crippen molar-refractivity contribution in [2.75, 3.05) is 0 Å². The molecule has 8 N–H and O–H groups in total. The maximum Gasteiger partial charge on any atom is 0.326 e. The Morgan fingerprint density at radius 1 is 0.614 bits per heavy atom. The highest BCUT2D eigenvalue weighted by molar-refractivity contribution is 5.94. The maximum atomic E-state index is 13.6. The molecule has 4 atom stereocenters. The van der Waals surface area contributed by atoms with Crippen LogP contribution in [0.2, 0.25) is 0 Å². The number of phenols is 2. The molecule has 0 heterocycles. The summed E-state index contributed by atoms with van der Waals surface area (Å²) in [6, 6.07) is 16.9. The Morgan fingerprint density at radius 3 is 1.57 bits per heavy atom. The highest BCUT2D eigenvalue weighted by Gasteiger charge is 2.31. The Kier molecular flexibility index (Phi) is 12.3. The predicted octanol–water partition coefficient (Wildman–Crippen LogP) is 2.04. The monoisotopic (exact) mass is 604 g/mol. The van der Waals surface area contributed by atoms with Crippen molar-refractivity contribution in [3.05, 3.63) is 95.6 Å². The third-order valence-electron chi connectivity index (χ3n) is 6.98. The first kappa shape index (κ1) is 33.6. The van der Waals surface area contributed by atoms with E-state index in [0.717, 1.165) is 11.1 Å². The Hall–Kier alpha value is -4.90.